The Morgan fingerprint density at radius 1 is 1.14 bits per heavy atom. The molecule has 21 heavy (non-hydrogen) atoms. The number of anilines is 1. The molecule has 0 spiro atoms. The highest BCUT2D eigenvalue weighted by Crippen LogP contribution is 2.31. The first-order valence-corrected chi connectivity index (χ1v) is 7.32. The van der Waals surface area contributed by atoms with Crippen LogP contribution in [-0.2, 0) is 0 Å². The average molecular weight is 279 g/mol. The lowest BCUT2D eigenvalue weighted by atomic mass is 9.82. The molecule has 0 atom stereocenters. The number of nitrogens with zero attached hydrogens (tertiary/aromatic N) is 4. The Hall–Kier alpha value is -2.43. The van der Waals surface area contributed by atoms with E-state index in [-0.39, 0.29) is 0 Å². The summed E-state index contributed by atoms with van der Waals surface area (Å²) >= 11 is 0. The summed E-state index contributed by atoms with van der Waals surface area (Å²) < 4.78 is 1.85. The second kappa shape index (κ2) is 4.84. The van der Waals surface area contributed by atoms with Gasteiger partial charge in [0.1, 0.15) is 12.1 Å². The van der Waals surface area contributed by atoms with Gasteiger partial charge < -0.3 is 5.32 Å². The molecule has 1 aliphatic rings. The standard InChI is InChI=1S/C16H17N5/c1-11-7-12(8-11)20-15-14-9-19-21(16(14)18-10-17-15)13-5-3-2-4-6-13/h2-6,9-12H,7-8H2,1H3,(H,17,18,20). The monoisotopic (exact) mass is 279 g/mol. The first-order valence-electron chi connectivity index (χ1n) is 7.32. The zero-order chi connectivity index (χ0) is 14.2. The molecule has 0 unspecified atom stereocenters. The van der Waals surface area contributed by atoms with Crippen molar-refractivity contribution in [3.05, 3.63) is 42.9 Å². The molecular weight excluding hydrogens is 262 g/mol. The zero-order valence-electron chi connectivity index (χ0n) is 11.9. The third-order valence-electron chi connectivity index (χ3n) is 4.08. The highest BCUT2D eigenvalue weighted by atomic mass is 15.3. The number of para-hydroxylation sites is 1. The minimum atomic E-state index is 0.526. The molecule has 0 bridgehead atoms. The van der Waals surface area contributed by atoms with Crippen molar-refractivity contribution in [2.45, 2.75) is 25.8 Å². The van der Waals surface area contributed by atoms with Gasteiger partial charge >= 0.3 is 0 Å². The topological polar surface area (TPSA) is 55.6 Å². The summed E-state index contributed by atoms with van der Waals surface area (Å²) in [5.74, 6) is 1.70. The first-order chi connectivity index (χ1) is 10.3. The van der Waals surface area contributed by atoms with Crippen molar-refractivity contribution >= 4 is 16.9 Å². The van der Waals surface area contributed by atoms with E-state index in [1.807, 2.05) is 41.2 Å². The smallest absolute Gasteiger partial charge is 0.168 e. The molecule has 0 aliphatic heterocycles. The van der Waals surface area contributed by atoms with Crippen LogP contribution in [0.1, 0.15) is 19.8 Å². The molecule has 0 radical (unpaired) electrons. The largest absolute Gasteiger partial charge is 0.367 e. The van der Waals surface area contributed by atoms with Crippen LogP contribution in [0.15, 0.2) is 42.9 Å². The average Bonchev–Trinajstić information content (AvgIpc) is 2.91. The molecular formula is C16H17N5. The van der Waals surface area contributed by atoms with Crippen LogP contribution in [0.4, 0.5) is 5.82 Å². The lowest BCUT2D eigenvalue weighted by Crippen LogP contribution is -2.34. The summed E-state index contributed by atoms with van der Waals surface area (Å²) in [5.41, 5.74) is 1.85. The summed E-state index contributed by atoms with van der Waals surface area (Å²) in [7, 11) is 0. The minimum Gasteiger partial charge on any atom is -0.367 e. The summed E-state index contributed by atoms with van der Waals surface area (Å²) in [6, 6.07) is 10.6. The molecule has 5 heteroatoms. The molecule has 2 aromatic heterocycles. The van der Waals surface area contributed by atoms with Gasteiger partial charge in [0.05, 0.1) is 17.3 Å². The van der Waals surface area contributed by atoms with Gasteiger partial charge in [-0.1, -0.05) is 25.1 Å². The first kappa shape index (κ1) is 12.3. The van der Waals surface area contributed by atoms with Gasteiger partial charge in [-0.15, -0.1) is 0 Å². The summed E-state index contributed by atoms with van der Waals surface area (Å²) in [6.07, 6.45) is 5.86. The van der Waals surface area contributed by atoms with Crippen LogP contribution in [0.5, 0.6) is 0 Å². The van der Waals surface area contributed by atoms with Gasteiger partial charge in [0.15, 0.2) is 5.65 Å². The lowest BCUT2D eigenvalue weighted by Gasteiger charge is -2.33. The van der Waals surface area contributed by atoms with Gasteiger partial charge in [0, 0.05) is 6.04 Å². The van der Waals surface area contributed by atoms with Crippen molar-refractivity contribution in [3.8, 4) is 5.69 Å². The molecule has 1 aromatic carbocycles. The quantitative estimate of drug-likeness (QED) is 0.800. The van der Waals surface area contributed by atoms with Crippen LogP contribution < -0.4 is 5.32 Å². The van der Waals surface area contributed by atoms with Crippen LogP contribution >= 0.6 is 0 Å². The SMILES string of the molecule is CC1CC(Nc2ncnc3c2cnn3-c2ccccc2)C1. The van der Waals surface area contributed by atoms with E-state index >= 15 is 0 Å². The number of aromatic nitrogens is 4. The zero-order valence-corrected chi connectivity index (χ0v) is 11.9. The summed E-state index contributed by atoms with van der Waals surface area (Å²) in [5, 5.41) is 8.95. The number of hydrogen-bond donors (Lipinski definition) is 1. The maximum atomic E-state index is 4.47. The van der Waals surface area contributed by atoms with E-state index in [9.17, 15) is 0 Å². The molecule has 5 nitrogen and oxygen atoms in total. The van der Waals surface area contributed by atoms with Gasteiger partial charge in [-0.3, -0.25) is 0 Å². The van der Waals surface area contributed by atoms with Crippen LogP contribution in [0.25, 0.3) is 16.7 Å². The van der Waals surface area contributed by atoms with Crippen LogP contribution in [-0.4, -0.2) is 25.8 Å². The Bertz CT molecular complexity index is 759. The normalized spacial score (nSPS) is 21.2. The Kier molecular flexibility index (Phi) is 2.84. The van der Waals surface area contributed by atoms with Crippen molar-refractivity contribution in [3.63, 3.8) is 0 Å². The van der Waals surface area contributed by atoms with E-state index < -0.39 is 0 Å². The molecule has 3 aromatic rings. The highest BCUT2D eigenvalue weighted by Gasteiger charge is 2.26. The number of rotatable bonds is 3. The van der Waals surface area contributed by atoms with Crippen molar-refractivity contribution in [1.82, 2.24) is 19.7 Å². The van der Waals surface area contributed by atoms with E-state index in [0.717, 1.165) is 28.5 Å². The van der Waals surface area contributed by atoms with E-state index in [0.29, 0.717) is 6.04 Å². The van der Waals surface area contributed by atoms with Gasteiger partial charge in [-0.25, -0.2) is 14.6 Å². The highest BCUT2D eigenvalue weighted by molar-refractivity contribution is 5.87. The molecule has 106 valence electrons. The maximum Gasteiger partial charge on any atom is 0.168 e. The Morgan fingerprint density at radius 2 is 1.95 bits per heavy atom. The fourth-order valence-corrected chi connectivity index (χ4v) is 2.93. The van der Waals surface area contributed by atoms with Crippen molar-refractivity contribution in [1.29, 1.82) is 0 Å². The van der Waals surface area contributed by atoms with Gasteiger partial charge in [-0.05, 0) is 30.9 Å². The predicted molar refractivity (Wildman–Crippen MR) is 82.5 cm³/mol. The van der Waals surface area contributed by atoms with Crippen molar-refractivity contribution in [2.24, 2.45) is 5.92 Å². The second-order valence-corrected chi connectivity index (χ2v) is 5.77. The van der Waals surface area contributed by atoms with E-state index in [4.69, 9.17) is 0 Å². The molecule has 2 heterocycles. The summed E-state index contributed by atoms with van der Waals surface area (Å²) in [4.78, 5) is 8.78. The number of fused-ring (bicyclic) bond motifs is 1. The molecule has 0 saturated heterocycles. The molecule has 1 aliphatic carbocycles. The minimum absolute atomic E-state index is 0.526. The molecule has 1 N–H and O–H groups in total. The Morgan fingerprint density at radius 3 is 2.71 bits per heavy atom. The van der Waals surface area contributed by atoms with E-state index in [2.05, 4.69) is 27.3 Å². The molecule has 0 amide bonds. The fraction of sp³-hybridized carbons (Fsp3) is 0.312. The Balaban J connectivity index is 1.73. The van der Waals surface area contributed by atoms with Crippen molar-refractivity contribution < 1.29 is 0 Å². The fourth-order valence-electron chi connectivity index (χ4n) is 2.93. The predicted octanol–water partition coefficient (Wildman–Crippen LogP) is 3.03. The third kappa shape index (κ3) is 2.14. The van der Waals surface area contributed by atoms with Crippen LogP contribution in [0, 0.1) is 5.92 Å². The number of nitrogens with one attached hydrogen (secondary N) is 1. The van der Waals surface area contributed by atoms with Gasteiger partial charge in [0.2, 0.25) is 0 Å². The molecule has 1 saturated carbocycles. The van der Waals surface area contributed by atoms with Crippen LogP contribution in [0.2, 0.25) is 0 Å². The van der Waals surface area contributed by atoms with E-state index in [1.54, 1.807) is 6.33 Å². The Labute approximate surface area is 123 Å². The number of benzene rings is 1. The van der Waals surface area contributed by atoms with Crippen molar-refractivity contribution in [2.75, 3.05) is 5.32 Å². The van der Waals surface area contributed by atoms with E-state index in [1.165, 1.54) is 12.8 Å². The third-order valence-corrected chi connectivity index (χ3v) is 4.08. The second-order valence-electron chi connectivity index (χ2n) is 5.77. The maximum absolute atomic E-state index is 4.47. The number of hydrogen-bond acceptors (Lipinski definition) is 4. The van der Waals surface area contributed by atoms with Gasteiger partial charge in [-0.2, -0.15) is 5.10 Å². The molecule has 4 rings (SSSR count). The molecule has 1 fully saturated rings. The summed E-state index contributed by atoms with van der Waals surface area (Å²) in [6.45, 7) is 2.28. The lowest BCUT2D eigenvalue weighted by molar-refractivity contribution is 0.309. The van der Waals surface area contributed by atoms with Gasteiger partial charge in [0.25, 0.3) is 0 Å². The van der Waals surface area contributed by atoms with Crippen LogP contribution in [0.3, 0.4) is 0 Å².